The molecule has 1 aromatic rings. The second kappa shape index (κ2) is 6.99. The SMILES string of the molecule is O=C(NCC1(c2ccc(Cl)cc2)CCCC1)C1CNCCO1. The molecule has 0 aromatic heterocycles. The normalized spacial score (nSPS) is 24.1. The van der Waals surface area contributed by atoms with E-state index in [9.17, 15) is 4.79 Å². The molecule has 1 saturated carbocycles. The van der Waals surface area contributed by atoms with Crippen LogP contribution in [0, 0.1) is 0 Å². The first-order valence-corrected chi connectivity index (χ1v) is 8.44. The van der Waals surface area contributed by atoms with Crippen molar-refractivity contribution in [2.75, 3.05) is 26.2 Å². The number of ether oxygens (including phenoxy) is 1. The van der Waals surface area contributed by atoms with Gasteiger partial charge in [0, 0.05) is 30.1 Å². The van der Waals surface area contributed by atoms with Gasteiger partial charge in [0.1, 0.15) is 6.10 Å². The van der Waals surface area contributed by atoms with E-state index in [0.29, 0.717) is 19.7 Å². The lowest BCUT2D eigenvalue weighted by atomic mass is 9.79. The maximum atomic E-state index is 12.3. The van der Waals surface area contributed by atoms with Crippen LogP contribution in [0.2, 0.25) is 5.02 Å². The van der Waals surface area contributed by atoms with Crippen molar-refractivity contribution in [3.8, 4) is 0 Å². The van der Waals surface area contributed by atoms with Gasteiger partial charge in [-0.05, 0) is 30.5 Å². The Morgan fingerprint density at radius 1 is 1.32 bits per heavy atom. The van der Waals surface area contributed by atoms with E-state index in [-0.39, 0.29) is 17.4 Å². The summed E-state index contributed by atoms with van der Waals surface area (Å²) in [5, 5.41) is 7.05. The van der Waals surface area contributed by atoms with E-state index >= 15 is 0 Å². The molecule has 5 heteroatoms. The van der Waals surface area contributed by atoms with Gasteiger partial charge in [0.25, 0.3) is 0 Å². The van der Waals surface area contributed by atoms with Crippen molar-refractivity contribution in [2.24, 2.45) is 0 Å². The van der Waals surface area contributed by atoms with Gasteiger partial charge in [-0.3, -0.25) is 4.79 Å². The Labute approximate surface area is 136 Å². The fraction of sp³-hybridized carbons (Fsp3) is 0.588. The highest BCUT2D eigenvalue weighted by atomic mass is 35.5. The van der Waals surface area contributed by atoms with Gasteiger partial charge in [0.2, 0.25) is 5.91 Å². The zero-order valence-electron chi connectivity index (χ0n) is 12.7. The molecule has 2 N–H and O–H groups in total. The molecule has 0 radical (unpaired) electrons. The van der Waals surface area contributed by atoms with Crippen LogP contribution >= 0.6 is 11.6 Å². The molecule has 3 rings (SSSR count). The molecule has 22 heavy (non-hydrogen) atoms. The van der Waals surface area contributed by atoms with Crippen LogP contribution in [0.5, 0.6) is 0 Å². The van der Waals surface area contributed by atoms with Gasteiger partial charge in [-0.15, -0.1) is 0 Å². The third-order valence-electron chi connectivity index (χ3n) is 4.84. The van der Waals surface area contributed by atoms with Crippen molar-refractivity contribution < 1.29 is 9.53 Å². The summed E-state index contributed by atoms with van der Waals surface area (Å²) in [5.41, 5.74) is 1.32. The molecule has 1 aliphatic carbocycles. The van der Waals surface area contributed by atoms with E-state index < -0.39 is 0 Å². The van der Waals surface area contributed by atoms with Gasteiger partial charge in [0.05, 0.1) is 6.61 Å². The molecule has 120 valence electrons. The molecule has 2 aliphatic rings. The molecular formula is C17H23ClN2O2. The minimum Gasteiger partial charge on any atom is -0.366 e. The average Bonchev–Trinajstić information content (AvgIpc) is 3.04. The summed E-state index contributed by atoms with van der Waals surface area (Å²) >= 11 is 6.00. The predicted molar refractivity (Wildman–Crippen MR) is 87.2 cm³/mol. The second-order valence-electron chi connectivity index (χ2n) is 6.28. The van der Waals surface area contributed by atoms with Crippen LogP contribution in [0.4, 0.5) is 0 Å². The first kappa shape index (κ1) is 15.8. The number of nitrogens with one attached hydrogen (secondary N) is 2. The molecule has 1 atom stereocenters. The average molecular weight is 323 g/mol. The Hall–Kier alpha value is -1.10. The van der Waals surface area contributed by atoms with E-state index in [4.69, 9.17) is 16.3 Å². The number of halogens is 1. The van der Waals surface area contributed by atoms with Crippen LogP contribution in [0.3, 0.4) is 0 Å². The molecule has 0 spiro atoms. The Balaban J connectivity index is 1.66. The number of carbonyl (C=O) groups is 1. The van der Waals surface area contributed by atoms with E-state index in [2.05, 4.69) is 22.8 Å². The number of hydrogen-bond acceptors (Lipinski definition) is 3. The first-order valence-electron chi connectivity index (χ1n) is 8.06. The largest absolute Gasteiger partial charge is 0.366 e. The fourth-order valence-corrected chi connectivity index (χ4v) is 3.65. The number of morpholine rings is 1. The number of carbonyl (C=O) groups excluding carboxylic acids is 1. The van der Waals surface area contributed by atoms with E-state index in [1.165, 1.54) is 18.4 Å². The van der Waals surface area contributed by atoms with Crippen LogP contribution < -0.4 is 10.6 Å². The Kier molecular flexibility index (Phi) is 5.01. The molecular weight excluding hydrogens is 300 g/mol. The molecule has 1 saturated heterocycles. The van der Waals surface area contributed by atoms with Gasteiger partial charge in [-0.1, -0.05) is 36.6 Å². The van der Waals surface area contributed by atoms with Crippen molar-refractivity contribution in [3.63, 3.8) is 0 Å². The number of rotatable bonds is 4. The highest BCUT2D eigenvalue weighted by molar-refractivity contribution is 6.30. The Bertz CT molecular complexity index is 506. The molecule has 1 heterocycles. The molecule has 1 unspecified atom stereocenters. The second-order valence-corrected chi connectivity index (χ2v) is 6.71. The highest BCUT2D eigenvalue weighted by Gasteiger charge is 2.36. The van der Waals surface area contributed by atoms with Gasteiger partial charge in [-0.25, -0.2) is 0 Å². The van der Waals surface area contributed by atoms with Gasteiger partial charge in [-0.2, -0.15) is 0 Å². The minimum absolute atomic E-state index is 0.00700. The van der Waals surface area contributed by atoms with Crippen molar-refractivity contribution in [3.05, 3.63) is 34.9 Å². The maximum Gasteiger partial charge on any atom is 0.250 e. The topological polar surface area (TPSA) is 50.4 Å². The molecule has 1 aliphatic heterocycles. The third-order valence-corrected chi connectivity index (χ3v) is 5.09. The quantitative estimate of drug-likeness (QED) is 0.894. The molecule has 0 bridgehead atoms. The molecule has 1 amide bonds. The van der Waals surface area contributed by atoms with Crippen LogP contribution in [0.15, 0.2) is 24.3 Å². The van der Waals surface area contributed by atoms with Gasteiger partial charge >= 0.3 is 0 Å². The standard InChI is InChI=1S/C17H23ClN2O2/c18-14-5-3-13(4-6-14)17(7-1-2-8-17)12-20-16(21)15-11-19-9-10-22-15/h3-6,15,19H,1-2,7-12H2,(H,20,21). The van der Waals surface area contributed by atoms with Crippen molar-refractivity contribution in [2.45, 2.75) is 37.2 Å². The summed E-state index contributed by atoms with van der Waals surface area (Å²) in [5.74, 6) is -0.00700. The third kappa shape index (κ3) is 3.45. The van der Waals surface area contributed by atoms with Crippen LogP contribution in [0.25, 0.3) is 0 Å². The van der Waals surface area contributed by atoms with E-state index in [1.807, 2.05) is 12.1 Å². The molecule has 2 fully saturated rings. The number of benzene rings is 1. The maximum absolute atomic E-state index is 12.3. The van der Waals surface area contributed by atoms with Crippen LogP contribution in [-0.2, 0) is 14.9 Å². The fourth-order valence-electron chi connectivity index (χ4n) is 3.53. The Morgan fingerprint density at radius 3 is 2.68 bits per heavy atom. The number of hydrogen-bond donors (Lipinski definition) is 2. The van der Waals surface area contributed by atoms with E-state index in [1.54, 1.807) is 0 Å². The summed E-state index contributed by atoms with van der Waals surface area (Å²) < 4.78 is 5.52. The highest BCUT2D eigenvalue weighted by Crippen LogP contribution is 2.40. The Morgan fingerprint density at radius 2 is 2.05 bits per heavy atom. The van der Waals surface area contributed by atoms with Crippen LogP contribution in [0.1, 0.15) is 31.2 Å². The van der Waals surface area contributed by atoms with Crippen LogP contribution in [-0.4, -0.2) is 38.3 Å². The molecule has 1 aromatic carbocycles. The van der Waals surface area contributed by atoms with E-state index in [0.717, 1.165) is 24.4 Å². The summed E-state index contributed by atoms with van der Waals surface area (Å²) in [7, 11) is 0. The lowest BCUT2D eigenvalue weighted by molar-refractivity contribution is -0.134. The van der Waals surface area contributed by atoms with Gasteiger partial charge in [0.15, 0.2) is 0 Å². The predicted octanol–water partition coefficient (Wildman–Crippen LogP) is 2.26. The number of amides is 1. The lowest BCUT2D eigenvalue weighted by Crippen LogP contribution is -2.50. The zero-order valence-corrected chi connectivity index (χ0v) is 13.5. The minimum atomic E-state index is -0.363. The summed E-state index contributed by atoms with van der Waals surface area (Å²) in [6.07, 6.45) is 4.27. The monoisotopic (exact) mass is 322 g/mol. The first-order chi connectivity index (χ1) is 10.7. The van der Waals surface area contributed by atoms with Gasteiger partial charge < -0.3 is 15.4 Å². The van der Waals surface area contributed by atoms with Crippen molar-refractivity contribution in [1.29, 1.82) is 0 Å². The summed E-state index contributed by atoms with van der Waals surface area (Å²) in [4.78, 5) is 12.3. The van der Waals surface area contributed by atoms with Crippen molar-refractivity contribution >= 4 is 17.5 Å². The summed E-state index contributed by atoms with van der Waals surface area (Å²) in [6, 6.07) is 8.07. The summed E-state index contributed by atoms with van der Waals surface area (Å²) in [6.45, 7) is 2.69. The van der Waals surface area contributed by atoms with Crippen molar-refractivity contribution in [1.82, 2.24) is 10.6 Å². The zero-order chi connectivity index (χ0) is 15.4. The smallest absolute Gasteiger partial charge is 0.250 e. The lowest BCUT2D eigenvalue weighted by Gasteiger charge is -2.31. The molecule has 4 nitrogen and oxygen atoms in total.